The lowest BCUT2D eigenvalue weighted by molar-refractivity contribution is 0.624. The SMILES string of the molecule is CC(C)n1c(-c2ccc(N)c(Br)c2)nc2cnccc21. The molecular weight excluding hydrogens is 316 g/mol. The van der Waals surface area contributed by atoms with Crippen LogP contribution in [0.4, 0.5) is 5.69 Å². The van der Waals surface area contributed by atoms with Crippen LogP contribution in [0, 0.1) is 0 Å². The Bertz CT molecular complexity index is 777. The number of halogens is 1. The first-order valence-corrected chi connectivity index (χ1v) is 7.24. The fraction of sp³-hybridized carbons (Fsp3) is 0.200. The van der Waals surface area contributed by atoms with Crippen molar-refractivity contribution in [2.24, 2.45) is 0 Å². The number of nitrogens with zero attached hydrogens (tertiary/aromatic N) is 3. The maximum Gasteiger partial charge on any atom is 0.141 e. The molecule has 0 amide bonds. The molecule has 2 heterocycles. The molecule has 0 saturated heterocycles. The Hall–Kier alpha value is -1.88. The van der Waals surface area contributed by atoms with Crippen LogP contribution < -0.4 is 5.73 Å². The third-order valence-corrected chi connectivity index (χ3v) is 3.95. The van der Waals surface area contributed by atoms with Crippen LogP contribution in [-0.4, -0.2) is 14.5 Å². The number of nitrogen functional groups attached to an aromatic ring is 1. The van der Waals surface area contributed by atoms with Gasteiger partial charge in [0.1, 0.15) is 11.3 Å². The molecular formula is C15H15BrN4. The molecule has 0 fully saturated rings. The van der Waals surface area contributed by atoms with E-state index in [-0.39, 0.29) is 0 Å². The molecule has 2 aromatic heterocycles. The molecule has 0 aliphatic carbocycles. The van der Waals surface area contributed by atoms with Gasteiger partial charge in [-0.05, 0) is 54.0 Å². The van der Waals surface area contributed by atoms with Gasteiger partial charge in [0.15, 0.2) is 0 Å². The molecule has 2 N–H and O–H groups in total. The second kappa shape index (κ2) is 4.90. The molecule has 0 saturated carbocycles. The van der Waals surface area contributed by atoms with Gasteiger partial charge in [0, 0.05) is 28.0 Å². The monoisotopic (exact) mass is 330 g/mol. The van der Waals surface area contributed by atoms with Crippen LogP contribution in [0.5, 0.6) is 0 Å². The molecule has 102 valence electrons. The summed E-state index contributed by atoms with van der Waals surface area (Å²) in [5, 5.41) is 0. The molecule has 0 unspecified atom stereocenters. The first-order valence-electron chi connectivity index (χ1n) is 6.45. The van der Waals surface area contributed by atoms with Crippen LogP contribution in [0.3, 0.4) is 0 Å². The van der Waals surface area contributed by atoms with Crippen molar-refractivity contribution in [1.29, 1.82) is 0 Å². The fourth-order valence-electron chi connectivity index (χ4n) is 2.34. The average molecular weight is 331 g/mol. The molecule has 0 radical (unpaired) electrons. The van der Waals surface area contributed by atoms with Crippen molar-refractivity contribution in [3.05, 3.63) is 41.1 Å². The highest BCUT2D eigenvalue weighted by molar-refractivity contribution is 9.10. The van der Waals surface area contributed by atoms with Gasteiger partial charge in [-0.25, -0.2) is 4.98 Å². The molecule has 3 aromatic rings. The van der Waals surface area contributed by atoms with Crippen LogP contribution in [0.1, 0.15) is 19.9 Å². The largest absolute Gasteiger partial charge is 0.398 e. The van der Waals surface area contributed by atoms with Crippen LogP contribution >= 0.6 is 15.9 Å². The number of nitrogens with two attached hydrogens (primary N) is 1. The topological polar surface area (TPSA) is 56.7 Å². The molecule has 5 heteroatoms. The molecule has 20 heavy (non-hydrogen) atoms. The number of benzene rings is 1. The minimum atomic E-state index is 0.314. The molecule has 4 nitrogen and oxygen atoms in total. The standard InChI is InChI=1S/C15H15BrN4/c1-9(2)20-14-5-6-18-8-13(14)19-15(20)10-3-4-12(17)11(16)7-10/h3-9H,17H2,1-2H3. The van der Waals surface area contributed by atoms with Gasteiger partial charge in [0.05, 0.1) is 11.7 Å². The first kappa shape index (κ1) is 13.1. The van der Waals surface area contributed by atoms with Gasteiger partial charge >= 0.3 is 0 Å². The Morgan fingerprint density at radius 3 is 2.75 bits per heavy atom. The molecule has 0 aliphatic rings. The van der Waals surface area contributed by atoms with E-state index in [0.29, 0.717) is 6.04 Å². The number of fused-ring (bicyclic) bond motifs is 1. The van der Waals surface area contributed by atoms with Crippen LogP contribution in [0.25, 0.3) is 22.4 Å². The molecule has 3 rings (SSSR count). The number of rotatable bonds is 2. The van der Waals surface area contributed by atoms with Gasteiger partial charge in [-0.2, -0.15) is 0 Å². The van der Waals surface area contributed by atoms with Crippen LogP contribution in [0.15, 0.2) is 41.1 Å². The van der Waals surface area contributed by atoms with Crippen molar-refractivity contribution in [3.8, 4) is 11.4 Å². The van der Waals surface area contributed by atoms with E-state index in [0.717, 1.165) is 32.6 Å². The summed E-state index contributed by atoms with van der Waals surface area (Å²) >= 11 is 3.47. The van der Waals surface area contributed by atoms with E-state index in [2.05, 4.69) is 39.3 Å². The third-order valence-electron chi connectivity index (χ3n) is 3.27. The zero-order valence-electron chi connectivity index (χ0n) is 11.3. The summed E-state index contributed by atoms with van der Waals surface area (Å²) in [6, 6.07) is 8.20. The van der Waals surface area contributed by atoms with Crippen molar-refractivity contribution in [2.45, 2.75) is 19.9 Å². The second-order valence-corrected chi connectivity index (χ2v) is 5.85. The summed E-state index contributed by atoms with van der Waals surface area (Å²) in [5.41, 5.74) is 9.62. The summed E-state index contributed by atoms with van der Waals surface area (Å²) in [5.74, 6) is 0.934. The van der Waals surface area contributed by atoms with Gasteiger partial charge in [0.2, 0.25) is 0 Å². The highest BCUT2D eigenvalue weighted by Crippen LogP contribution is 2.31. The van der Waals surface area contributed by atoms with Gasteiger partial charge in [0.25, 0.3) is 0 Å². The quantitative estimate of drug-likeness (QED) is 0.722. The average Bonchev–Trinajstić information content (AvgIpc) is 2.81. The van der Waals surface area contributed by atoms with Crippen molar-refractivity contribution >= 4 is 32.7 Å². The molecule has 0 aliphatic heterocycles. The normalized spacial score (nSPS) is 11.4. The van der Waals surface area contributed by atoms with Crippen molar-refractivity contribution < 1.29 is 0 Å². The lowest BCUT2D eigenvalue weighted by atomic mass is 10.2. The summed E-state index contributed by atoms with van der Waals surface area (Å²) in [6.45, 7) is 4.30. The van der Waals surface area contributed by atoms with E-state index in [4.69, 9.17) is 10.7 Å². The van der Waals surface area contributed by atoms with Gasteiger partial charge < -0.3 is 10.3 Å². The molecule has 0 spiro atoms. The Labute approximate surface area is 125 Å². The molecule has 1 aromatic carbocycles. The summed E-state index contributed by atoms with van der Waals surface area (Å²) in [7, 11) is 0. The predicted octanol–water partition coefficient (Wildman–Crippen LogP) is 4.02. The van der Waals surface area contributed by atoms with Crippen molar-refractivity contribution in [3.63, 3.8) is 0 Å². The Morgan fingerprint density at radius 2 is 2.05 bits per heavy atom. The number of pyridine rings is 1. The summed E-state index contributed by atoms with van der Waals surface area (Å²) in [4.78, 5) is 8.86. The molecule has 0 bridgehead atoms. The van der Waals surface area contributed by atoms with Crippen LogP contribution in [-0.2, 0) is 0 Å². The maximum atomic E-state index is 5.86. The fourth-order valence-corrected chi connectivity index (χ4v) is 2.72. The van der Waals surface area contributed by atoms with Crippen LogP contribution in [0.2, 0.25) is 0 Å². The van der Waals surface area contributed by atoms with E-state index in [9.17, 15) is 0 Å². The third kappa shape index (κ3) is 2.08. The first-order chi connectivity index (χ1) is 9.58. The van der Waals surface area contributed by atoms with Gasteiger partial charge in [-0.3, -0.25) is 4.98 Å². The molecule has 0 atom stereocenters. The van der Waals surface area contributed by atoms with E-state index in [1.807, 2.05) is 24.3 Å². The summed E-state index contributed by atoms with van der Waals surface area (Å²) in [6.07, 6.45) is 3.59. The lowest BCUT2D eigenvalue weighted by Gasteiger charge is -2.13. The second-order valence-electron chi connectivity index (χ2n) is 5.00. The van der Waals surface area contributed by atoms with E-state index < -0.39 is 0 Å². The predicted molar refractivity (Wildman–Crippen MR) is 85.5 cm³/mol. The zero-order chi connectivity index (χ0) is 14.3. The smallest absolute Gasteiger partial charge is 0.141 e. The number of anilines is 1. The van der Waals surface area contributed by atoms with E-state index in [1.54, 1.807) is 12.4 Å². The zero-order valence-corrected chi connectivity index (χ0v) is 12.9. The van der Waals surface area contributed by atoms with E-state index in [1.165, 1.54) is 0 Å². The minimum absolute atomic E-state index is 0.314. The highest BCUT2D eigenvalue weighted by Gasteiger charge is 2.15. The maximum absolute atomic E-state index is 5.86. The highest BCUT2D eigenvalue weighted by atomic mass is 79.9. The lowest BCUT2D eigenvalue weighted by Crippen LogP contribution is -2.03. The number of imidazole rings is 1. The Kier molecular flexibility index (Phi) is 3.22. The number of hydrogen-bond acceptors (Lipinski definition) is 3. The summed E-state index contributed by atoms with van der Waals surface area (Å²) < 4.78 is 3.10. The number of aromatic nitrogens is 3. The van der Waals surface area contributed by atoms with Crippen molar-refractivity contribution in [2.75, 3.05) is 5.73 Å². The van der Waals surface area contributed by atoms with E-state index >= 15 is 0 Å². The Balaban J connectivity index is 2.29. The number of hydrogen-bond donors (Lipinski definition) is 1. The Morgan fingerprint density at radius 1 is 1.25 bits per heavy atom. The minimum Gasteiger partial charge on any atom is -0.398 e. The van der Waals surface area contributed by atoms with Crippen molar-refractivity contribution in [1.82, 2.24) is 14.5 Å². The van der Waals surface area contributed by atoms with Gasteiger partial charge in [-0.1, -0.05) is 0 Å². The van der Waals surface area contributed by atoms with Gasteiger partial charge in [-0.15, -0.1) is 0 Å².